The van der Waals surface area contributed by atoms with Crippen LogP contribution < -0.4 is 9.62 Å². The molecule has 1 unspecified atom stereocenters. The Morgan fingerprint density at radius 1 is 1.11 bits per heavy atom. The molecule has 152 valence electrons. The highest BCUT2D eigenvalue weighted by Gasteiger charge is 2.25. The molecule has 0 aromatic heterocycles. The summed E-state index contributed by atoms with van der Waals surface area (Å²) >= 11 is 0. The highest BCUT2D eigenvalue weighted by Crippen LogP contribution is 2.22. The van der Waals surface area contributed by atoms with Crippen LogP contribution in [0.5, 0.6) is 0 Å². The molecule has 1 amide bonds. The predicted octanol–water partition coefficient (Wildman–Crippen LogP) is 2.76. The van der Waals surface area contributed by atoms with Gasteiger partial charge in [-0.3, -0.25) is 9.10 Å². The van der Waals surface area contributed by atoms with Crippen LogP contribution in [-0.4, -0.2) is 52.5 Å². The van der Waals surface area contributed by atoms with Crippen molar-refractivity contribution >= 4 is 34.0 Å². The molecule has 1 atom stereocenters. The third kappa shape index (κ3) is 4.66. The van der Waals surface area contributed by atoms with E-state index in [2.05, 4.69) is 5.32 Å². The average Bonchev–Trinajstić information content (AvgIpc) is 2.73. The minimum absolute atomic E-state index is 0. The molecule has 1 aliphatic heterocycles. The number of hydrogen-bond donors (Lipinski definition) is 1. The minimum Gasteiger partial charge on any atom is -0.337 e. The monoisotopic (exact) mass is 423 g/mol. The largest absolute Gasteiger partial charge is 0.337 e. The number of nitrogens with one attached hydrogen (secondary N) is 1. The normalized spacial score (nSPS) is 16.9. The number of rotatable bonds is 5. The fraction of sp³-hybridized carbons (Fsp3) is 0.350. The van der Waals surface area contributed by atoms with Crippen molar-refractivity contribution in [2.45, 2.75) is 23.8 Å². The van der Waals surface area contributed by atoms with Gasteiger partial charge in [0, 0.05) is 31.7 Å². The summed E-state index contributed by atoms with van der Waals surface area (Å²) in [6.45, 7) is 1.40. The van der Waals surface area contributed by atoms with E-state index in [0.29, 0.717) is 23.8 Å². The Hall–Kier alpha value is -2.09. The summed E-state index contributed by atoms with van der Waals surface area (Å²) < 4.78 is 26.9. The lowest BCUT2D eigenvalue weighted by molar-refractivity contribution is 0.0698. The molecule has 2 aromatic carbocycles. The molecule has 6 nitrogen and oxygen atoms in total. The van der Waals surface area contributed by atoms with Gasteiger partial charge < -0.3 is 10.2 Å². The van der Waals surface area contributed by atoms with Gasteiger partial charge in [-0.05, 0) is 56.3 Å². The van der Waals surface area contributed by atoms with E-state index >= 15 is 0 Å². The lowest BCUT2D eigenvalue weighted by Gasteiger charge is -2.32. The lowest BCUT2D eigenvalue weighted by Crippen LogP contribution is -2.46. The van der Waals surface area contributed by atoms with Gasteiger partial charge in [0.25, 0.3) is 15.9 Å². The van der Waals surface area contributed by atoms with Crippen molar-refractivity contribution in [1.82, 2.24) is 10.2 Å². The zero-order valence-corrected chi connectivity index (χ0v) is 17.7. The smallest absolute Gasteiger partial charge is 0.264 e. The maximum absolute atomic E-state index is 12.8. The van der Waals surface area contributed by atoms with E-state index in [-0.39, 0.29) is 23.2 Å². The van der Waals surface area contributed by atoms with Crippen LogP contribution in [0.4, 0.5) is 5.69 Å². The van der Waals surface area contributed by atoms with Gasteiger partial charge in [0.05, 0.1) is 10.6 Å². The maximum Gasteiger partial charge on any atom is 0.264 e. The van der Waals surface area contributed by atoms with Crippen molar-refractivity contribution in [3.05, 3.63) is 60.2 Å². The van der Waals surface area contributed by atoms with E-state index in [4.69, 9.17) is 0 Å². The summed E-state index contributed by atoms with van der Waals surface area (Å²) in [5.74, 6) is -0.0599. The third-order valence-electron chi connectivity index (χ3n) is 5.00. The number of anilines is 1. The zero-order chi connectivity index (χ0) is 19.4. The summed E-state index contributed by atoms with van der Waals surface area (Å²) in [6, 6.07) is 15.4. The second-order valence-electron chi connectivity index (χ2n) is 6.71. The summed E-state index contributed by atoms with van der Waals surface area (Å²) in [5.41, 5.74) is 1.09. The topological polar surface area (TPSA) is 69.7 Å². The number of benzene rings is 2. The number of carbonyl (C=O) groups is 1. The van der Waals surface area contributed by atoms with Crippen LogP contribution in [0.25, 0.3) is 0 Å². The molecule has 1 fully saturated rings. The summed E-state index contributed by atoms with van der Waals surface area (Å²) in [7, 11) is -0.246. The Morgan fingerprint density at radius 2 is 1.75 bits per heavy atom. The molecule has 1 N–H and O–H groups in total. The number of likely N-dealkylation sites (N-methyl/N-ethyl adjacent to an activating group) is 1. The molecule has 28 heavy (non-hydrogen) atoms. The molecule has 3 rings (SSSR count). The Labute approximate surface area is 173 Å². The second-order valence-corrected chi connectivity index (χ2v) is 8.68. The number of hydrogen-bond acceptors (Lipinski definition) is 4. The molecular weight excluding hydrogens is 398 g/mol. The van der Waals surface area contributed by atoms with E-state index < -0.39 is 10.0 Å². The molecule has 0 spiro atoms. The Balaban J connectivity index is 0.00000280. The molecule has 1 aliphatic rings. The molecule has 0 saturated carbocycles. The van der Waals surface area contributed by atoms with Crippen LogP contribution in [0.2, 0.25) is 0 Å². The number of sulfonamides is 1. The van der Waals surface area contributed by atoms with Gasteiger partial charge in [-0.1, -0.05) is 18.2 Å². The highest BCUT2D eigenvalue weighted by molar-refractivity contribution is 7.92. The fourth-order valence-electron chi connectivity index (χ4n) is 3.28. The molecule has 8 heteroatoms. The molecule has 2 aromatic rings. The molecule has 1 saturated heterocycles. The first-order chi connectivity index (χ1) is 12.9. The maximum atomic E-state index is 12.8. The van der Waals surface area contributed by atoms with E-state index in [1.807, 2.05) is 18.0 Å². The highest BCUT2D eigenvalue weighted by atomic mass is 35.5. The van der Waals surface area contributed by atoms with Crippen LogP contribution in [0.15, 0.2) is 59.5 Å². The van der Waals surface area contributed by atoms with Gasteiger partial charge in [-0.25, -0.2) is 8.42 Å². The average molecular weight is 424 g/mol. The van der Waals surface area contributed by atoms with Gasteiger partial charge in [0.15, 0.2) is 0 Å². The van der Waals surface area contributed by atoms with E-state index in [0.717, 1.165) is 19.4 Å². The van der Waals surface area contributed by atoms with Crippen molar-refractivity contribution in [3.63, 3.8) is 0 Å². The van der Waals surface area contributed by atoms with Crippen molar-refractivity contribution < 1.29 is 13.2 Å². The predicted molar refractivity (Wildman–Crippen MR) is 114 cm³/mol. The van der Waals surface area contributed by atoms with Crippen LogP contribution in [0, 0.1) is 0 Å². The van der Waals surface area contributed by atoms with Gasteiger partial charge in [0.2, 0.25) is 0 Å². The number of amides is 1. The van der Waals surface area contributed by atoms with Gasteiger partial charge in [0.1, 0.15) is 0 Å². The van der Waals surface area contributed by atoms with Gasteiger partial charge in [-0.2, -0.15) is 0 Å². The number of para-hydroxylation sites is 1. The summed E-state index contributed by atoms with van der Waals surface area (Å²) in [4.78, 5) is 14.7. The van der Waals surface area contributed by atoms with Crippen LogP contribution in [0.3, 0.4) is 0 Å². The summed E-state index contributed by atoms with van der Waals surface area (Å²) in [5, 5.41) is 3.22. The van der Waals surface area contributed by atoms with E-state index in [9.17, 15) is 13.2 Å². The molecular formula is C20H26ClN3O3S. The second kappa shape index (κ2) is 9.41. The Morgan fingerprint density at radius 3 is 2.36 bits per heavy atom. The SMILES string of the molecule is CNC1CCCN(C(=O)c2ccc(S(=O)(=O)N(C)c3ccccc3)cc2)C1.Cl. The number of piperidine rings is 1. The van der Waals surface area contributed by atoms with E-state index in [1.165, 1.54) is 23.5 Å². The van der Waals surface area contributed by atoms with Crippen molar-refractivity contribution in [2.75, 3.05) is 31.5 Å². The van der Waals surface area contributed by atoms with Gasteiger partial charge >= 0.3 is 0 Å². The van der Waals surface area contributed by atoms with Crippen LogP contribution in [-0.2, 0) is 10.0 Å². The molecule has 0 radical (unpaired) electrons. The number of carbonyl (C=O) groups excluding carboxylic acids is 1. The minimum atomic E-state index is -3.67. The quantitative estimate of drug-likeness (QED) is 0.802. The molecule has 0 bridgehead atoms. The van der Waals surface area contributed by atoms with E-state index in [1.54, 1.807) is 36.4 Å². The van der Waals surface area contributed by atoms with Crippen molar-refractivity contribution in [1.29, 1.82) is 0 Å². The first kappa shape index (κ1) is 22.2. The third-order valence-corrected chi connectivity index (χ3v) is 6.80. The number of nitrogens with zero attached hydrogens (tertiary/aromatic N) is 2. The Bertz CT molecular complexity index is 889. The first-order valence-electron chi connectivity index (χ1n) is 9.04. The molecule has 0 aliphatic carbocycles. The zero-order valence-electron chi connectivity index (χ0n) is 16.0. The van der Waals surface area contributed by atoms with Crippen molar-refractivity contribution in [3.8, 4) is 0 Å². The molecule has 1 heterocycles. The van der Waals surface area contributed by atoms with Crippen molar-refractivity contribution in [2.24, 2.45) is 0 Å². The summed E-state index contributed by atoms with van der Waals surface area (Å²) in [6.07, 6.45) is 2.02. The lowest BCUT2D eigenvalue weighted by atomic mass is 10.0. The standard InChI is InChI=1S/C20H25N3O3S.ClH/c1-21-17-7-6-14-23(15-17)20(24)16-10-12-19(13-11-16)27(25,26)22(2)18-8-4-3-5-9-18;/h3-5,8-13,17,21H,6-7,14-15H2,1-2H3;1H. The number of likely N-dealkylation sites (tertiary alicyclic amines) is 1. The first-order valence-corrected chi connectivity index (χ1v) is 10.5. The Kier molecular flexibility index (Phi) is 7.46. The van der Waals surface area contributed by atoms with Gasteiger partial charge in [-0.15, -0.1) is 12.4 Å². The number of halogens is 1. The van der Waals surface area contributed by atoms with Crippen LogP contribution in [0.1, 0.15) is 23.2 Å². The van der Waals surface area contributed by atoms with Crippen LogP contribution >= 0.6 is 12.4 Å². The fourth-order valence-corrected chi connectivity index (χ4v) is 4.48.